The van der Waals surface area contributed by atoms with E-state index in [9.17, 15) is 0 Å². The van der Waals surface area contributed by atoms with Gasteiger partial charge in [0.2, 0.25) is 0 Å². The normalized spacial score (nSPS) is 10.5. The second-order valence-electron chi connectivity index (χ2n) is 4.66. The van der Waals surface area contributed by atoms with Crippen molar-refractivity contribution in [2.24, 2.45) is 5.73 Å². The minimum absolute atomic E-state index is 0.314. The lowest BCUT2D eigenvalue weighted by atomic mass is 10.0. The van der Waals surface area contributed by atoms with Crippen molar-refractivity contribution in [3.8, 4) is 0 Å². The monoisotopic (exact) mass is 271 g/mol. The summed E-state index contributed by atoms with van der Waals surface area (Å²) in [5.41, 5.74) is 9.47. The molecule has 0 saturated heterocycles. The highest BCUT2D eigenvalue weighted by Gasteiger charge is 2.06. The maximum atomic E-state index is 5.53. The molecule has 1 aromatic heterocycles. The first-order chi connectivity index (χ1) is 9.08. The number of rotatable bonds is 4. The van der Waals surface area contributed by atoms with Crippen LogP contribution in [-0.2, 0) is 0 Å². The molecule has 1 aromatic carbocycles. The maximum Gasteiger partial charge on any atom is 0.122 e. The number of hydrogen-bond donors (Lipinski definition) is 2. The molecule has 0 saturated carbocycles. The van der Waals surface area contributed by atoms with Gasteiger partial charge >= 0.3 is 0 Å². The molecule has 0 aliphatic carbocycles. The summed E-state index contributed by atoms with van der Waals surface area (Å²) in [6, 6.07) is 12.0. The van der Waals surface area contributed by atoms with Crippen LogP contribution in [-0.4, -0.2) is 9.97 Å². The molecule has 98 valence electrons. The number of pyridine rings is 1. The second-order valence-corrected chi connectivity index (χ2v) is 5.10. The zero-order valence-electron chi connectivity index (χ0n) is 11.1. The number of anilines is 2. The first kappa shape index (κ1) is 13.5. The highest BCUT2D eigenvalue weighted by Crippen LogP contribution is 2.26. The Morgan fingerprint density at radius 2 is 1.95 bits per heavy atom. The van der Waals surface area contributed by atoms with Crippen molar-refractivity contribution < 1.29 is 0 Å². The van der Waals surface area contributed by atoms with Crippen LogP contribution >= 0.6 is 12.2 Å². The molecule has 3 nitrogen and oxygen atoms in total. The molecule has 1 heterocycles. The van der Waals surface area contributed by atoms with Gasteiger partial charge in [-0.2, -0.15) is 0 Å². The Labute approximate surface area is 118 Å². The maximum absolute atomic E-state index is 5.53. The Morgan fingerprint density at radius 3 is 2.53 bits per heavy atom. The molecule has 3 N–H and O–H groups in total. The van der Waals surface area contributed by atoms with Gasteiger partial charge in [-0.25, -0.2) is 0 Å². The predicted molar refractivity (Wildman–Crippen MR) is 83.9 cm³/mol. The minimum atomic E-state index is 0.314. The van der Waals surface area contributed by atoms with Gasteiger partial charge in [0.15, 0.2) is 0 Å². The van der Waals surface area contributed by atoms with Crippen molar-refractivity contribution in [3.63, 3.8) is 0 Å². The Hall–Kier alpha value is -1.94. The topological polar surface area (TPSA) is 50.9 Å². The Morgan fingerprint density at radius 1 is 1.21 bits per heavy atom. The number of para-hydroxylation sites is 1. The number of thiocarbonyl (C=S) groups is 1. The minimum Gasteiger partial charge on any atom is -0.388 e. The summed E-state index contributed by atoms with van der Waals surface area (Å²) >= 11 is 4.88. The van der Waals surface area contributed by atoms with Crippen molar-refractivity contribution in [2.75, 3.05) is 5.32 Å². The van der Waals surface area contributed by atoms with Gasteiger partial charge in [-0.05, 0) is 29.7 Å². The molecule has 0 unspecified atom stereocenters. The number of benzene rings is 1. The van der Waals surface area contributed by atoms with Crippen molar-refractivity contribution in [1.29, 1.82) is 0 Å². The van der Waals surface area contributed by atoms with Crippen LogP contribution in [0.1, 0.15) is 31.0 Å². The zero-order chi connectivity index (χ0) is 13.8. The lowest BCUT2D eigenvalue weighted by molar-refractivity contribution is 0.869. The standard InChI is InChI=1S/C15H17N3S/c1-10(2)12-5-3-4-6-13(12)18-11-7-8-14(15(16)19)17-9-11/h3-10,18H,1-2H3,(H2,16,19). The van der Waals surface area contributed by atoms with Crippen molar-refractivity contribution in [2.45, 2.75) is 19.8 Å². The Bertz CT molecular complexity index is 576. The van der Waals surface area contributed by atoms with Gasteiger partial charge in [0.1, 0.15) is 4.99 Å². The zero-order valence-corrected chi connectivity index (χ0v) is 11.9. The van der Waals surface area contributed by atoms with E-state index in [1.54, 1.807) is 6.20 Å². The van der Waals surface area contributed by atoms with Gasteiger partial charge in [0.05, 0.1) is 17.6 Å². The van der Waals surface area contributed by atoms with Crippen molar-refractivity contribution >= 4 is 28.6 Å². The van der Waals surface area contributed by atoms with E-state index in [1.807, 2.05) is 18.2 Å². The third kappa shape index (κ3) is 3.29. The first-order valence-corrected chi connectivity index (χ1v) is 6.60. The fraction of sp³-hybridized carbons (Fsp3) is 0.200. The Balaban J connectivity index is 2.24. The molecule has 4 heteroatoms. The van der Waals surface area contributed by atoms with Crippen LogP contribution < -0.4 is 11.1 Å². The van der Waals surface area contributed by atoms with Crippen LogP contribution in [0.3, 0.4) is 0 Å². The summed E-state index contributed by atoms with van der Waals surface area (Å²) < 4.78 is 0. The quantitative estimate of drug-likeness (QED) is 0.834. The summed E-state index contributed by atoms with van der Waals surface area (Å²) in [6.07, 6.45) is 1.74. The number of hydrogen-bond acceptors (Lipinski definition) is 3. The van der Waals surface area contributed by atoms with Crippen LogP contribution in [0.2, 0.25) is 0 Å². The molecule has 2 aromatic rings. The van der Waals surface area contributed by atoms with E-state index in [-0.39, 0.29) is 0 Å². The number of nitrogens with two attached hydrogens (primary N) is 1. The van der Waals surface area contributed by atoms with Gasteiger partial charge in [0.25, 0.3) is 0 Å². The van der Waals surface area contributed by atoms with Crippen LogP contribution in [0.25, 0.3) is 0 Å². The predicted octanol–water partition coefficient (Wildman–Crippen LogP) is 3.58. The lowest BCUT2D eigenvalue weighted by Gasteiger charge is -2.14. The number of nitrogens with one attached hydrogen (secondary N) is 1. The molecule has 2 rings (SSSR count). The molecular weight excluding hydrogens is 254 g/mol. The summed E-state index contributed by atoms with van der Waals surface area (Å²) in [6.45, 7) is 4.35. The lowest BCUT2D eigenvalue weighted by Crippen LogP contribution is -2.11. The third-order valence-electron chi connectivity index (χ3n) is 2.88. The molecule has 19 heavy (non-hydrogen) atoms. The van der Waals surface area contributed by atoms with E-state index >= 15 is 0 Å². The number of aromatic nitrogens is 1. The van der Waals surface area contributed by atoms with Crippen LogP contribution in [0.15, 0.2) is 42.6 Å². The van der Waals surface area contributed by atoms with E-state index in [2.05, 4.69) is 42.3 Å². The summed E-state index contributed by atoms with van der Waals surface area (Å²) in [4.78, 5) is 4.53. The van der Waals surface area contributed by atoms with Crippen LogP contribution in [0, 0.1) is 0 Å². The summed E-state index contributed by atoms with van der Waals surface area (Å²) in [7, 11) is 0. The van der Waals surface area contributed by atoms with Gasteiger partial charge in [-0.3, -0.25) is 4.98 Å². The van der Waals surface area contributed by atoms with E-state index < -0.39 is 0 Å². The average molecular weight is 271 g/mol. The molecule has 0 amide bonds. The molecular formula is C15H17N3S. The molecule has 0 radical (unpaired) electrons. The third-order valence-corrected chi connectivity index (χ3v) is 3.09. The molecule has 0 fully saturated rings. The SMILES string of the molecule is CC(C)c1ccccc1Nc1ccc(C(N)=S)nc1. The van der Waals surface area contributed by atoms with Crippen LogP contribution in [0.5, 0.6) is 0 Å². The van der Waals surface area contributed by atoms with E-state index in [4.69, 9.17) is 18.0 Å². The molecule has 0 aliphatic rings. The second kappa shape index (κ2) is 5.80. The highest BCUT2D eigenvalue weighted by atomic mass is 32.1. The van der Waals surface area contributed by atoms with Crippen LogP contribution in [0.4, 0.5) is 11.4 Å². The van der Waals surface area contributed by atoms with Crippen molar-refractivity contribution in [1.82, 2.24) is 4.98 Å². The fourth-order valence-corrected chi connectivity index (χ4v) is 2.00. The molecule has 0 aliphatic heterocycles. The Kier molecular flexibility index (Phi) is 4.12. The molecule has 0 bridgehead atoms. The van der Waals surface area contributed by atoms with E-state index in [1.165, 1.54) is 5.56 Å². The number of nitrogens with zero attached hydrogens (tertiary/aromatic N) is 1. The largest absolute Gasteiger partial charge is 0.388 e. The van der Waals surface area contributed by atoms with Crippen molar-refractivity contribution in [3.05, 3.63) is 53.9 Å². The van der Waals surface area contributed by atoms with Gasteiger partial charge in [0, 0.05) is 5.69 Å². The first-order valence-electron chi connectivity index (χ1n) is 6.19. The van der Waals surface area contributed by atoms with Gasteiger partial charge in [-0.15, -0.1) is 0 Å². The van der Waals surface area contributed by atoms with Gasteiger partial charge < -0.3 is 11.1 Å². The smallest absolute Gasteiger partial charge is 0.122 e. The molecule has 0 atom stereocenters. The van der Waals surface area contributed by atoms with E-state index in [0.717, 1.165) is 11.4 Å². The summed E-state index contributed by atoms with van der Waals surface area (Å²) in [5.74, 6) is 0.465. The fourth-order valence-electron chi connectivity index (χ4n) is 1.88. The van der Waals surface area contributed by atoms with E-state index in [0.29, 0.717) is 16.6 Å². The highest BCUT2D eigenvalue weighted by molar-refractivity contribution is 7.80. The van der Waals surface area contributed by atoms with Gasteiger partial charge in [-0.1, -0.05) is 44.3 Å². The summed E-state index contributed by atoms with van der Waals surface area (Å²) in [5, 5.41) is 3.37. The molecule has 0 spiro atoms. The average Bonchev–Trinajstić information content (AvgIpc) is 2.39.